The molecule has 3 rings (SSSR count). The van der Waals surface area contributed by atoms with Crippen LogP contribution in [0.5, 0.6) is 0 Å². The molecule has 1 N–H and O–H groups in total. The highest BCUT2D eigenvalue weighted by Crippen LogP contribution is 2.26. The molecule has 1 aromatic carbocycles. The van der Waals surface area contributed by atoms with Crippen molar-refractivity contribution in [1.82, 2.24) is 10.3 Å². The van der Waals surface area contributed by atoms with Gasteiger partial charge in [-0.3, -0.25) is 4.79 Å². The van der Waals surface area contributed by atoms with E-state index in [0.29, 0.717) is 19.0 Å². The topological polar surface area (TPSA) is 45.2 Å². The molecule has 4 nitrogen and oxygen atoms in total. The van der Waals surface area contributed by atoms with Gasteiger partial charge in [0.1, 0.15) is 0 Å². The molecule has 1 fully saturated rings. The zero-order valence-corrected chi connectivity index (χ0v) is 13.6. The van der Waals surface area contributed by atoms with Crippen LogP contribution < -0.4 is 10.2 Å². The third-order valence-corrected chi connectivity index (χ3v) is 4.83. The number of hydrogen-bond acceptors (Lipinski definition) is 4. The Balaban J connectivity index is 1.52. The van der Waals surface area contributed by atoms with Gasteiger partial charge in [-0.05, 0) is 25.3 Å². The fourth-order valence-corrected chi connectivity index (χ4v) is 3.70. The molecule has 0 bridgehead atoms. The van der Waals surface area contributed by atoms with E-state index in [2.05, 4.69) is 21.3 Å². The summed E-state index contributed by atoms with van der Waals surface area (Å²) in [5.41, 5.74) is 2.26. The number of nitrogens with zero attached hydrogens (tertiary/aromatic N) is 2. The molecular formula is C17H21N3OS. The summed E-state index contributed by atoms with van der Waals surface area (Å²) in [6.45, 7) is 3.78. The standard InChI is InChI=1S/C17H21N3OS/c1-13-4-2-5-14(10-13)11-16(21)19-12-15-6-3-8-20(15)17-18-7-9-22-17/h2,4-5,7,9-10,15H,3,6,8,11-12H2,1H3,(H,19,21)/t15-/m0/s1. The predicted octanol–water partition coefficient (Wildman–Crippen LogP) is 2.78. The largest absolute Gasteiger partial charge is 0.354 e. The van der Waals surface area contributed by atoms with Gasteiger partial charge in [-0.15, -0.1) is 11.3 Å². The molecule has 0 radical (unpaired) electrons. The SMILES string of the molecule is Cc1cccc(CC(=O)NC[C@@H]2CCCN2c2nccs2)c1. The number of hydrogen-bond donors (Lipinski definition) is 1. The summed E-state index contributed by atoms with van der Waals surface area (Å²) >= 11 is 1.66. The van der Waals surface area contributed by atoms with Crippen molar-refractivity contribution in [2.75, 3.05) is 18.0 Å². The van der Waals surface area contributed by atoms with Crippen LogP contribution in [0.25, 0.3) is 0 Å². The smallest absolute Gasteiger partial charge is 0.224 e. The molecule has 22 heavy (non-hydrogen) atoms. The lowest BCUT2D eigenvalue weighted by atomic mass is 10.1. The minimum Gasteiger partial charge on any atom is -0.354 e. The van der Waals surface area contributed by atoms with Crippen LogP contribution in [-0.4, -0.2) is 30.0 Å². The quantitative estimate of drug-likeness (QED) is 0.923. The Hall–Kier alpha value is -1.88. The summed E-state index contributed by atoms with van der Waals surface area (Å²) in [4.78, 5) is 18.8. The second kappa shape index (κ2) is 6.92. The van der Waals surface area contributed by atoms with Crippen molar-refractivity contribution in [3.63, 3.8) is 0 Å². The molecule has 0 spiro atoms. The number of thiazole rings is 1. The van der Waals surface area contributed by atoms with Crippen molar-refractivity contribution in [1.29, 1.82) is 0 Å². The highest BCUT2D eigenvalue weighted by Gasteiger charge is 2.26. The summed E-state index contributed by atoms with van der Waals surface area (Å²) in [5, 5.41) is 6.15. The molecule has 1 aliphatic rings. The molecule has 1 amide bonds. The molecule has 1 aromatic heterocycles. The van der Waals surface area contributed by atoms with Crippen molar-refractivity contribution in [2.24, 2.45) is 0 Å². The van der Waals surface area contributed by atoms with Crippen LogP contribution in [0, 0.1) is 6.92 Å². The summed E-state index contributed by atoms with van der Waals surface area (Å²) in [6.07, 6.45) is 4.57. The maximum Gasteiger partial charge on any atom is 0.224 e. The molecule has 0 saturated carbocycles. The van der Waals surface area contributed by atoms with E-state index < -0.39 is 0 Å². The van der Waals surface area contributed by atoms with Crippen LogP contribution in [0.15, 0.2) is 35.8 Å². The lowest BCUT2D eigenvalue weighted by Crippen LogP contribution is -2.40. The van der Waals surface area contributed by atoms with Crippen molar-refractivity contribution in [2.45, 2.75) is 32.2 Å². The minimum atomic E-state index is 0.0941. The lowest BCUT2D eigenvalue weighted by molar-refractivity contribution is -0.120. The van der Waals surface area contributed by atoms with Crippen LogP contribution in [0.4, 0.5) is 5.13 Å². The van der Waals surface area contributed by atoms with E-state index in [1.54, 1.807) is 11.3 Å². The maximum absolute atomic E-state index is 12.1. The summed E-state index contributed by atoms with van der Waals surface area (Å²) in [5.74, 6) is 0.0941. The van der Waals surface area contributed by atoms with Gasteiger partial charge in [0.2, 0.25) is 5.91 Å². The Kier molecular flexibility index (Phi) is 4.73. The zero-order chi connectivity index (χ0) is 15.4. The number of rotatable bonds is 5. The van der Waals surface area contributed by atoms with E-state index in [9.17, 15) is 4.79 Å². The number of aryl methyl sites for hydroxylation is 1. The molecule has 0 unspecified atom stereocenters. The average Bonchev–Trinajstić information content (AvgIpc) is 3.16. The first kappa shape index (κ1) is 15.0. The maximum atomic E-state index is 12.1. The van der Waals surface area contributed by atoms with Gasteiger partial charge in [-0.1, -0.05) is 29.8 Å². The Bertz CT molecular complexity index is 627. The fraction of sp³-hybridized carbons (Fsp3) is 0.412. The van der Waals surface area contributed by atoms with Gasteiger partial charge in [-0.2, -0.15) is 0 Å². The minimum absolute atomic E-state index is 0.0941. The lowest BCUT2D eigenvalue weighted by Gasteiger charge is -2.24. The van der Waals surface area contributed by atoms with Crippen LogP contribution in [0.2, 0.25) is 0 Å². The molecule has 5 heteroatoms. The van der Waals surface area contributed by atoms with Crippen molar-refractivity contribution < 1.29 is 4.79 Å². The molecule has 1 saturated heterocycles. The van der Waals surface area contributed by atoms with Gasteiger partial charge < -0.3 is 10.2 Å². The first-order valence-corrected chi connectivity index (χ1v) is 8.59. The average molecular weight is 315 g/mol. The van der Waals surface area contributed by atoms with E-state index >= 15 is 0 Å². The van der Waals surface area contributed by atoms with Crippen LogP contribution in [0.3, 0.4) is 0 Å². The Morgan fingerprint density at radius 1 is 1.50 bits per heavy atom. The number of benzene rings is 1. The van der Waals surface area contributed by atoms with Crippen LogP contribution in [0.1, 0.15) is 24.0 Å². The summed E-state index contributed by atoms with van der Waals surface area (Å²) < 4.78 is 0. The molecule has 1 aliphatic heterocycles. The molecular weight excluding hydrogens is 294 g/mol. The van der Waals surface area contributed by atoms with Crippen molar-refractivity contribution in [3.05, 3.63) is 47.0 Å². The normalized spacial score (nSPS) is 17.7. The number of aromatic nitrogens is 1. The molecule has 116 valence electrons. The predicted molar refractivity (Wildman–Crippen MR) is 90.4 cm³/mol. The second-order valence-electron chi connectivity index (χ2n) is 5.77. The molecule has 2 aromatic rings. The van der Waals surface area contributed by atoms with E-state index in [4.69, 9.17) is 0 Å². The third kappa shape index (κ3) is 3.65. The first-order chi connectivity index (χ1) is 10.7. The number of carbonyl (C=O) groups is 1. The first-order valence-electron chi connectivity index (χ1n) is 7.71. The zero-order valence-electron chi connectivity index (χ0n) is 12.8. The highest BCUT2D eigenvalue weighted by atomic mass is 32.1. The fourth-order valence-electron chi connectivity index (χ4n) is 2.96. The van der Waals surface area contributed by atoms with Crippen LogP contribution >= 0.6 is 11.3 Å². The van der Waals surface area contributed by atoms with E-state index in [1.807, 2.05) is 36.7 Å². The molecule has 0 aliphatic carbocycles. The van der Waals surface area contributed by atoms with Gasteiger partial charge >= 0.3 is 0 Å². The number of anilines is 1. The van der Waals surface area contributed by atoms with E-state index in [1.165, 1.54) is 5.56 Å². The second-order valence-corrected chi connectivity index (χ2v) is 6.65. The van der Waals surface area contributed by atoms with Crippen molar-refractivity contribution in [3.8, 4) is 0 Å². The third-order valence-electron chi connectivity index (χ3n) is 4.02. The Morgan fingerprint density at radius 3 is 3.18 bits per heavy atom. The van der Waals surface area contributed by atoms with Gasteiger partial charge in [0.15, 0.2) is 5.13 Å². The monoisotopic (exact) mass is 315 g/mol. The van der Waals surface area contributed by atoms with Gasteiger partial charge in [0.25, 0.3) is 0 Å². The van der Waals surface area contributed by atoms with Crippen LogP contribution in [-0.2, 0) is 11.2 Å². The molecule has 2 heterocycles. The summed E-state index contributed by atoms with van der Waals surface area (Å²) in [7, 11) is 0. The van der Waals surface area contributed by atoms with E-state index in [-0.39, 0.29) is 5.91 Å². The molecule has 1 atom stereocenters. The highest BCUT2D eigenvalue weighted by molar-refractivity contribution is 7.13. The van der Waals surface area contributed by atoms with Gasteiger partial charge in [0.05, 0.1) is 6.42 Å². The van der Waals surface area contributed by atoms with Gasteiger partial charge in [-0.25, -0.2) is 4.98 Å². The Labute approximate surface area is 135 Å². The number of amides is 1. The van der Waals surface area contributed by atoms with E-state index in [0.717, 1.165) is 30.1 Å². The Morgan fingerprint density at radius 2 is 2.41 bits per heavy atom. The summed E-state index contributed by atoms with van der Waals surface area (Å²) in [6, 6.07) is 8.49. The van der Waals surface area contributed by atoms with Gasteiger partial charge in [0, 0.05) is 30.7 Å². The number of nitrogens with one attached hydrogen (secondary N) is 1. The van der Waals surface area contributed by atoms with Crippen molar-refractivity contribution >= 4 is 22.4 Å². The number of carbonyl (C=O) groups excluding carboxylic acids is 1.